The normalized spacial score (nSPS) is 16.4. The van der Waals surface area contributed by atoms with Crippen LogP contribution >= 0.6 is 12.2 Å². The molecule has 1 amide bonds. The molecule has 0 unspecified atom stereocenters. The van der Waals surface area contributed by atoms with E-state index >= 15 is 0 Å². The van der Waals surface area contributed by atoms with Crippen molar-refractivity contribution in [1.29, 1.82) is 0 Å². The molecule has 6 heteroatoms. The summed E-state index contributed by atoms with van der Waals surface area (Å²) < 4.78 is 5.14. The van der Waals surface area contributed by atoms with Crippen LogP contribution in [0, 0.1) is 0 Å². The van der Waals surface area contributed by atoms with Crippen LogP contribution in [0.4, 0.5) is 0 Å². The van der Waals surface area contributed by atoms with Crippen LogP contribution in [-0.4, -0.2) is 48.8 Å². The van der Waals surface area contributed by atoms with Crippen LogP contribution in [0.3, 0.4) is 0 Å². The Morgan fingerprint density at radius 2 is 2.14 bits per heavy atom. The standard InChI is InChI=1S/C8H15N3O2S/c9-8(14)10-2-1-7(12)11-3-5-13-6-4-11/h1-6H2,(H3,9,10,14). The third-order valence-corrected chi connectivity index (χ3v) is 2.15. The second-order valence-electron chi connectivity index (χ2n) is 3.03. The Hall–Kier alpha value is -0.880. The van der Waals surface area contributed by atoms with Crippen LogP contribution in [0.15, 0.2) is 0 Å². The highest BCUT2D eigenvalue weighted by molar-refractivity contribution is 7.80. The molecule has 0 aromatic carbocycles. The Labute approximate surface area is 88.6 Å². The third kappa shape index (κ3) is 3.89. The molecule has 0 atom stereocenters. The van der Waals surface area contributed by atoms with Gasteiger partial charge in [-0.1, -0.05) is 0 Å². The van der Waals surface area contributed by atoms with Crippen molar-refractivity contribution in [1.82, 2.24) is 10.2 Å². The molecule has 0 aliphatic carbocycles. The first kappa shape index (κ1) is 11.2. The van der Waals surface area contributed by atoms with Crippen LogP contribution in [0.25, 0.3) is 0 Å². The monoisotopic (exact) mass is 217 g/mol. The third-order valence-electron chi connectivity index (χ3n) is 2.00. The number of nitrogens with two attached hydrogens (primary N) is 1. The predicted molar refractivity (Wildman–Crippen MR) is 56.8 cm³/mol. The van der Waals surface area contributed by atoms with Gasteiger partial charge in [0.2, 0.25) is 5.91 Å². The molecular weight excluding hydrogens is 202 g/mol. The number of morpholine rings is 1. The SMILES string of the molecule is NC(=S)NCCC(=O)N1CCOCC1. The fraction of sp³-hybridized carbons (Fsp3) is 0.750. The highest BCUT2D eigenvalue weighted by Gasteiger charge is 2.15. The molecule has 1 heterocycles. The summed E-state index contributed by atoms with van der Waals surface area (Å²) in [6.07, 6.45) is 0.428. The molecule has 0 bridgehead atoms. The van der Waals surface area contributed by atoms with E-state index in [1.54, 1.807) is 4.90 Å². The smallest absolute Gasteiger partial charge is 0.224 e. The molecule has 3 N–H and O–H groups in total. The van der Waals surface area contributed by atoms with Gasteiger partial charge in [-0.15, -0.1) is 0 Å². The van der Waals surface area contributed by atoms with Gasteiger partial charge in [0.25, 0.3) is 0 Å². The lowest BCUT2D eigenvalue weighted by Gasteiger charge is -2.26. The molecule has 14 heavy (non-hydrogen) atoms. The zero-order chi connectivity index (χ0) is 10.4. The number of thiocarbonyl (C=S) groups is 1. The first-order valence-electron chi connectivity index (χ1n) is 4.59. The summed E-state index contributed by atoms with van der Waals surface area (Å²) in [5.41, 5.74) is 5.23. The maximum absolute atomic E-state index is 11.5. The largest absolute Gasteiger partial charge is 0.378 e. The van der Waals surface area contributed by atoms with Gasteiger partial charge in [-0.25, -0.2) is 0 Å². The van der Waals surface area contributed by atoms with E-state index in [1.807, 2.05) is 0 Å². The van der Waals surface area contributed by atoms with Crippen molar-refractivity contribution in [2.45, 2.75) is 6.42 Å². The molecule has 1 aliphatic rings. The second-order valence-corrected chi connectivity index (χ2v) is 3.47. The molecule has 80 valence electrons. The van der Waals surface area contributed by atoms with Gasteiger partial charge in [0.05, 0.1) is 13.2 Å². The molecular formula is C8H15N3O2S. The molecule has 0 spiro atoms. The number of amides is 1. The maximum atomic E-state index is 11.5. The van der Waals surface area contributed by atoms with Gasteiger partial charge in [-0.3, -0.25) is 4.79 Å². The molecule has 0 saturated carbocycles. The zero-order valence-electron chi connectivity index (χ0n) is 7.99. The molecule has 1 aliphatic heterocycles. The Kier molecular flexibility index (Phi) is 4.61. The fourth-order valence-corrected chi connectivity index (χ4v) is 1.37. The van der Waals surface area contributed by atoms with Crippen molar-refractivity contribution >= 4 is 23.2 Å². The topological polar surface area (TPSA) is 67.6 Å². The van der Waals surface area contributed by atoms with Crippen LogP contribution in [0.2, 0.25) is 0 Å². The van der Waals surface area contributed by atoms with Crippen LogP contribution in [-0.2, 0) is 9.53 Å². The Morgan fingerprint density at radius 3 is 2.71 bits per heavy atom. The van der Waals surface area contributed by atoms with E-state index in [9.17, 15) is 4.79 Å². The van der Waals surface area contributed by atoms with E-state index in [1.165, 1.54) is 0 Å². The van der Waals surface area contributed by atoms with Crippen LogP contribution < -0.4 is 11.1 Å². The average molecular weight is 217 g/mol. The van der Waals surface area contributed by atoms with E-state index in [-0.39, 0.29) is 11.0 Å². The van der Waals surface area contributed by atoms with E-state index < -0.39 is 0 Å². The molecule has 0 aromatic heterocycles. The Balaban J connectivity index is 2.16. The van der Waals surface area contributed by atoms with Gasteiger partial charge in [-0.2, -0.15) is 0 Å². The number of carbonyl (C=O) groups is 1. The summed E-state index contributed by atoms with van der Waals surface area (Å²) >= 11 is 4.63. The summed E-state index contributed by atoms with van der Waals surface area (Å²) in [5, 5.41) is 2.98. The van der Waals surface area contributed by atoms with Gasteiger partial charge < -0.3 is 20.7 Å². The summed E-state index contributed by atoms with van der Waals surface area (Å²) in [7, 11) is 0. The number of nitrogens with zero attached hydrogens (tertiary/aromatic N) is 1. The number of rotatable bonds is 3. The predicted octanol–water partition coefficient (Wildman–Crippen LogP) is -0.931. The van der Waals surface area contributed by atoms with Crippen molar-refractivity contribution in [3.05, 3.63) is 0 Å². The van der Waals surface area contributed by atoms with Crippen molar-refractivity contribution in [2.24, 2.45) is 5.73 Å². The lowest BCUT2D eigenvalue weighted by molar-refractivity contribution is -0.135. The molecule has 0 radical (unpaired) electrons. The number of hydrogen-bond donors (Lipinski definition) is 2. The lowest BCUT2D eigenvalue weighted by Crippen LogP contribution is -2.42. The summed E-state index contributed by atoms with van der Waals surface area (Å²) in [6.45, 7) is 3.15. The Bertz CT molecular complexity index is 217. The van der Waals surface area contributed by atoms with Crippen molar-refractivity contribution in [3.63, 3.8) is 0 Å². The minimum absolute atomic E-state index is 0.122. The van der Waals surface area contributed by atoms with Gasteiger partial charge in [-0.05, 0) is 12.2 Å². The molecule has 0 aromatic rings. The van der Waals surface area contributed by atoms with Crippen molar-refractivity contribution in [3.8, 4) is 0 Å². The molecule has 1 saturated heterocycles. The van der Waals surface area contributed by atoms with E-state index in [4.69, 9.17) is 10.5 Å². The quantitative estimate of drug-likeness (QED) is 0.598. The molecule has 1 fully saturated rings. The fourth-order valence-electron chi connectivity index (χ4n) is 1.26. The van der Waals surface area contributed by atoms with Gasteiger partial charge in [0, 0.05) is 26.1 Å². The number of ether oxygens (including phenoxy) is 1. The average Bonchev–Trinajstić information content (AvgIpc) is 2.18. The Morgan fingerprint density at radius 1 is 1.50 bits per heavy atom. The lowest BCUT2D eigenvalue weighted by atomic mass is 10.3. The van der Waals surface area contributed by atoms with Crippen molar-refractivity contribution < 1.29 is 9.53 Å². The summed E-state index contributed by atoms with van der Waals surface area (Å²) in [5.74, 6) is 0.122. The molecule has 5 nitrogen and oxygen atoms in total. The van der Waals surface area contributed by atoms with E-state index in [2.05, 4.69) is 17.5 Å². The number of hydrogen-bond acceptors (Lipinski definition) is 3. The highest BCUT2D eigenvalue weighted by atomic mass is 32.1. The van der Waals surface area contributed by atoms with Gasteiger partial charge >= 0.3 is 0 Å². The molecule has 1 rings (SSSR count). The number of nitrogens with one attached hydrogen (secondary N) is 1. The van der Waals surface area contributed by atoms with Gasteiger partial charge in [0.1, 0.15) is 0 Å². The summed E-state index contributed by atoms with van der Waals surface area (Å²) in [6, 6.07) is 0. The first-order chi connectivity index (χ1) is 6.70. The van der Waals surface area contributed by atoms with E-state index in [0.29, 0.717) is 39.3 Å². The van der Waals surface area contributed by atoms with Crippen molar-refractivity contribution in [2.75, 3.05) is 32.8 Å². The first-order valence-corrected chi connectivity index (χ1v) is 5.00. The number of carbonyl (C=O) groups excluding carboxylic acids is 1. The zero-order valence-corrected chi connectivity index (χ0v) is 8.81. The highest BCUT2D eigenvalue weighted by Crippen LogP contribution is 1.99. The minimum atomic E-state index is 0.122. The van der Waals surface area contributed by atoms with Crippen LogP contribution in [0.5, 0.6) is 0 Å². The maximum Gasteiger partial charge on any atom is 0.224 e. The second kappa shape index (κ2) is 5.77. The van der Waals surface area contributed by atoms with E-state index in [0.717, 1.165) is 0 Å². The summed E-state index contributed by atoms with van der Waals surface area (Å²) in [4.78, 5) is 13.3. The minimum Gasteiger partial charge on any atom is -0.378 e. The van der Waals surface area contributed by atoms with Crippen LogP contribution in [0.1, 0.15) is 6.42 Å². The van der Waals surface area contributed by atoms with Gasteiger partial charge in [0.15, 0.2) is 5.11 Å².